The second-order valence-corrected chi connectivity index (χ2v) is 7.24. The summed E-state index contributed by atoms with van der Waals surface area (Å²) < 4.78 is 26.8. The van der Waals surface area contributed by atoms with E-state index < -0.39 is 29.4 Å². The molecule has 146 valence electrons. The van der Waals surface area contributed by atoms with Gasteiger partial charge in [0, 0.05) is 31.1 Å². The van der Waals surface area contributed by atoms with Gasteiger partial charge in [0.15, 0.2) is 0 Å². The van der Waals surface area contributed by atoms with Crippen molar-refractivity contribution in [3.05, 3.63) is 35.4 Å². The number of amides is 2. The van der Waals surface area contributed by atoms with Gasteiger partial charge in [-0.2, -0.15) is 0 Å². The molecule has 1 heterocycles. The Morgan fingerprint density at radius 2 is 1.74 bits per heavy atom. The monoisotopic (exact) mass is 380 g/mol. The summed E-state index contributed by atoms with van der Waals surface area (Å²) in [5.41, 5.74) is -0.176. The van der Waals surface area contributed by atoms with Gasteiger partial charge in [0.1, 0.15) is 11.6 Å². The number of benzene rings is 1. The van der Waals surface area contributed by atoms with Gasteiger partial charge in [0.05, 0.1) is 11.5 Å². The summed E-state index contributed by atoms with van der Waals surface area (Å²) in [6.45, 7) is 0.631. The minimum Gasteiger partial charge on any atom is -0.481 e. The summed E-state index contributed by atoms with van der Waals surface area (Å²) >= 11 is 0. The molecule has 0 spiro atoms. The van der Waals surface area contributed by atoms with Crippen LogP contribution >= 0.6 is 0 Å². The molecule has 0 aromatic heterocycles. The van der Waals surface area contributed by atoms with E-state index in [0.717, 1.165) is 12.1 Å². The zero-order chi connectivity index (χ0) is 19.6. The first kappa shape index (κ1) is 19.3. The van der Waals surface area contributed by atoms with Crippen LogP contribution in [0.15, 0.2) is 18.2 Å². The van der Waals surface area contributed by atoms with Crippen LogP contribution in [-0.2, 0) is 9.59 Å². The maximum Gasteiger partial charge on any atom is 0.306 e. The number of piperidine rings is 1. The van der Waals surface area contributed by atoms with Gasteiger partial charge >= 0.3 is 5.97 Å². The first-order chi connectivity index (χ1) is 12.8. The highest BCUT2D eigenvalue weighted by molar-refractivity contribution is 5.94. The van der Waals surface area contributed by atoms with Gasteiger partial charge in [-0.05, 0) is 44.2 Å². The minimum atomic E-state index is -0.894. The number of rotatable bonds is 4. The molecule has 1 saturated carbocycles. The molecule has 2 amide bonds. The van der Waals surface area contributed by atoms with Crippen molar-refractivity contribution in [2.75, 3.05) is 13.1 Å². The van der Waals surface area contributed by atoms with Crippen molar-refractivity contribution in [2.45, 2.75) is 38.1 Å². The fourth-order valence-corrected chi connectivity index (χ4v) is 3.83. The van der Waals surface area contributed by atoms with Crippen LogP contribution in [0.5, 0.6) is 0 Å². The van der Waals surface area contributed by atoms with Gasteiger partial charge in [0.2, 0.25) is 5.91 Å². The van der Waals surface area contributed by atoms with Gasteiger partial charge in [-0.1, -0.05) is 0 Å². The Balaban J connectivity index is 1.50. The van der Waals surface area contributed by atoms with Gasteiger partial charge in [0.25, 0.3) is 5.91 Å². The molecule has 3 rings (SSSR count). The van der Waals surface area contributed by atoms with Crippen molar-refractivity contribution >= 4 is 17.8 Å². The molecular weight excluding hydrogens is 358 g/mol. The normalized spacial score (nSPS) is 23.3. The molecule has 1 saturated heterocycles. The third kappa shape index (κ3) is 4.43. The first-order valence-electron chi connectivity index (χ1n) is 9.12. The van der Waals surface area contributed by atoms with E-state index in [-0.39, 0.29) is 23.4 Å². The Kier molecular flexibility index (Phi) is 5.72. The third-order valence-electron chi connectivity index (χ3n) is 5.44. The summed E-state index contributed by atoms with van der Waals surface area (Å²) in [7, 11) is 0. The Morgan fingerprint density at radius 1 is 1.04 bits per heavy atom. The van der Waals surface area contributed by atoms with Crippen LogP contribution < -0.4 is 5.32 Å². The molecule has 2 fully saturated rings. The predicted octanol–water partition coefficient (Wildman–Crippen LogP) is 2.19. The first-order valence-corrected chi connectivity index (χ1v) is 9.12. The molecule has 6 nitrogen and oxygen atoms in total. The second kappa shape index (κ2) is 8.02. The fraction of sp³-hybridized carbons (Fsp3) is 0.526. The molecular formula is C19H22F2N2O4. The Labute approximate surface area is 155 Å². The van der Waals surface area contributed by atoms with Crippen LogP contribution in [0.2, 0.25) is 0 Å². The molecule has 1 aromatic carbocycles. The number of likely N-dealkylation sites (tertiary alicyclic amines) is 1. The van der Waals surface area contributed by atoms with Crippen LogP contribution in [0, 0.1) is 23.5 Å². The summed E-state index contributed by atoms with van der Waals surface area (Å²) in [6.07, 6.45) is 2.58. The number of halogens is 2. The largest absolute Gasteiger partial charge is 0.481 e. The molecule has 2 N–H and O–H groups in total. The molecule has 1 aliphatic heterocycles. The van der Waals surface area contributed by atoms with Gasteiger partial charge in [-0.25, -0.2) is 8.78 Å². The van der Waals surface area contributed by atoms with Crippen molar-refractivity contribution in [1.29, 1.82) is 0 Å². The number of carboxylic acids is 1. The highest BCUT2D eigenvalue weighted by Gasteiger charge is 2.33. The van der Waals surface area contributed by atoms with E-state index in [1.807, 2.05) is 0 Å². The summed E-state index contributed by atoms with van der Waals surface area (Å²) in [5, 5.41) is 11.9. The number of hydrogen-bond acceptors (Lipinski definition) is 3. The highest BCUT2D eigenvalue weighted by Crippen LogP contribution is 2.27. The van der Waals surface area contributed by atoms with Crippen molar-refractivity contribution in [3.63, 3.8) is 0 Å². The zero-order valence-electron chi connectivity index (χ0n) is 14.8. The number of carboxylic acid groups (broad SMARTS) is 1. The lowest BCUT2D eigenvalue weighted by Gasteiger charge is -2.32. The van der Waals surface area contributed by atoms with E-state index in [2.05, 4.69) is 5.32 Å². The average Bonchev–Trinajstić information content (AvgIpc) is 3.10. The second-order valence-electron chi connectivity index (χ2n) is 7.24. The van der Waals surface area contributed by atoms with Crippen LogP contribution in [0.25, 0.3) is 0 Å². The predicted molar refractivity (Wildman–Crippen MR) is 91.9 cm³/mol. The molecule has 2 atom stereocenters. The summed E-state index contributed by atoms with van der Waals surface area (Å²) in [4.78, 5) is 37.3. The van der Waals surface area contributed by atoms with E-state index in [1.54, 1.807) is 0 Å². The van der Waals surface area contributed by atoms with Crippen molar-refractivity contribution < 1.29 is 28.3 Å². The average molecular weight is 380 g/mol. The summed E-state index contributed by atoms with van der Waals surface area (Å²) in [5.74, 6) is -3.74. The quantitative estimate of drug-likeness (QED) is 0.838. The SMILES string of the molecule is O=C(N[C@@H]1CC[C@H](C(=O)O)C1)C1CCN(C(=O)c2ccc(F)cc2F)CC1. The maximum absolute atomic E-state index is 13.8. The van der Waals surface area contributed by atoms with Crippen molar-refractivity contribution in [3.8, 4) is 0 Å². The smallest absolute Gasteiger partial charge is 0.306 e. The minimum absolute atomic E-state index is 0.119. The van der Waals surface area contributed by atoms with E-state index in [4.69, 9.17) is 5.11 Å². The van der Waals surface area contributed by atoms with Gasteiger partial charge in [-0.15, -0.1) is 0 Å². The molecule has 1 aliphatic carbocycles. The molecule has 0 unspecified atom stereocenters. The molecule has 0 bridgehead atoms. The maximum atomic E-state index is 13.8. The lowest BCUT2D eigenvalue weighted by atomic mass is 9.95. The Bertz CT molecular complexity index is 747. The Morgan fingerprint density at radius 3 is 2.33 bits per heavy atom. The number of hydrogen-bond donors (Lipinski definition) is 2. The van der Waals surface area contributed by atoms with E-state index in [0.29, 0.717) is 51.3 Å². The van der Waals surface area contributed by atoms with Crippen LogP contribution in [0.4, 0.5) is 8.78 Å². The van der Waals surface area contributed by atoms with E-state index >= 15 is 0 Å². The fourth-order valence-electron chi connectivity index (χ4n) is 3.83. The van der Waals surface area contributed by atoms with Gasteiger partial charge < -0.3 is 15.3 Å². The number of nitrogens with zero attached hydrogens (tertiary/aromatic N) is 1. The van der Waals surface area contributed by atoms with E-state index in [1.165, 1.54) is 4.90 Å². The zero-order valence-corrected chi connectivity index (χ0v) is 14.8. The van der Waals surface area contributed by atoms with E-state index in [9.17, 15) is 23.2 Å². The van der Waals surface area contributed by atoms with Crippen molar-refractivity contribution in [2.24, 2.45) is 11.8 Å². The number of carbonyl (C=O) groups excluding carboxylic acids is 2. The van der Waals surface area contributed by atoms with Crippen molar-refractivity contribution in [1.82, 2.24) is 10.2 Å². The molecule has 1 aromatic rings. The van der Waals surface area contributed by atoms with Crippen LogP contribution in [-0.4, -0.2) is 46.9 Å². The Hall–Kier alpha value is -2.51. The van der Waals surface area contributed by atoms with Crippen LogP contribution in [0.1, 0.15) is 42.5 Å². The highest BCUT2D eigenvalue weighted by atomic mass is 19.1. The molecule has 27 heavy (non-hydrogen) atoms. The molecule has 2 aliphatic rings. The summed E-state index contributed by atoms with van der Waals surface area (Å²) in [6, 6.07) is 2.73. The molecule has 0 radical (unpaired) electrons. The van der Waals surface area contributed by atoms with Crippen LogP contribution in [0.3, 0.4) is 0 Å². The standard InChI is InChI=1S/C19H22F2N2O4/c20-13-2-4-15(16(21)10-13)18(25)23-7-5-11(6-8-23)17(24)22-14-3-1-12(9-14)19(26)27/h2,4,10-12,14H,1,3,5-9H2,(H,22,24)(H,26,27)/t12-,14+/m0/s1. The third-order valence-corrected chi connectivity index (χ3v) is 5.44. The lowest BCUT2D eigenvalue weighted by Crippen LogP contribution is -2.45. The van der Waals surface area contributed by atoms with Gasteiger partial charge in [-0.3, -0.25) is 14.4 Å². The topological polar surface area (TPSA) is 86.7 Å². The number of carbonyl (C=O) groups is 3. The lowest BCUT2D eigenvalue weighted by molar-refractivity contribution is -0.141. The molecule has 8 heteroatoms. The number of aliphatic carboxylic acids is 1. The number of nitrogens with one attached hydrogen (secondary N) is 1.